The molecule has 0 aliphatic heterocycles. The Labute approximate surface area is 119 Å². The van der Waals surface area contributed by atoms with Crippen LogP contribution in [0.15, 0.2) is 0 Å². The van der Waals surface area contributed by atoms with Gasteiger partial charge in [0.15, 0.2) is 0 Å². The summed E-state index contributed by atoms with van der Waals surface area (Å²) in [6, 6.07) is 0. The first-order valence-corrected chi connectivity index (χ1v) is 4.56. The van der Waals surface area contributed by atoms with Crippen LogP contribution in [0.1, 0.15) is 0 Å². The molecule has 0 aromatic carbocycles. The molecule has 16 heteroatoms. The molecule has 0 spiro atoms. The zero-order chi connectivity index (χ0) is 14.8. The normalized spacial score (nSPS) is 7.35. The van der Waals surface area contributed by atoms with Crippen molar-refractivity contribution in [2.24, 2.45) is 0 Å². The van der Waals surface area contributed by atoms with Gasteiger partial charge in [-0.25, -0.2) is 23.7 Å². The van der Waals surface area contributed by atoms with E-state index in [9.17, 15) is 0 Å². The van der Waals surface area contributed by atoms with Crippen LogP contribution in [0, 0.1) is 0 Å². The number of phosphoric acid groups is 1. The fourth-order valence-corrected chi connectivity index (χ4v) is 0. The molecule has 0 bridgehead atoms. The summed E-state index contributed by atoms with van der Waals surface area (Å²) in [5.74, 6) is -7.30. The molecule has 0 heterocycles. The Morgan fingerprint density at radius 3 is 0.650 bits per heavy atom. The molecule has 0 aromatic heterocycles. The average Bonchev–Trinajstić information content (AvgIpc) is 2.01. The van der Waals surface area contributed by atoms with E-state index in [1.54, 1.807) is 0 Å². The molecule has 0 rings (SSSR count). The van der Waals surface area contributed by atoms with Gasteiger partial charge in [-0.3, -0.25) is 9.41 Å². The summed E-state index contributed by atoms with van der Waals surface area (Å²) in [6.07, 6.45) is 0. The maximum absolute atomic E-state index is 9.10. The van der Waals surface area contributed by atoms with Crippen molar-refractivity contribution in [2.45, 2.75) is 0 Å². The van der Waals surface area contributed by atoms with Crippen LogP contribution in [0.5, 0.6) is 0 Å². The summed E-state index contributed by atoms with van der Waals surface area (Å²) in [6.45, 7) is 0. The molecule has 7 N–H and O–H groups in total. The van der Waals surface area contributed by atoms with Gasteiger partial charge >= 0.3 is 50.6 Å². The second-order valence-corrected chi connectivity index (χ2v) is 2.76. The van der Waals surface area contributed by atoms with E-state index < -0.39 is 31.7 Å². The van der Waals surface area contributed by atoms with Gasteiger partial charge in [0, 0.05) is 0 Å². The van der Waals surface area contributed by atoms with Crippen LogP contribution >= 0.6 is 7.82 Å². The molecule has 0 aliphatic rings. The molecule has 0 aliphatic carbocycles. The minimum atomic E-state index is -4.64. The fourth-order valence-electron chi connectivity index (χ4n) is 0. The third-order valence-corrected chi connectivity index (χ3v) is 0.366. The molecule has 0 radical (unpaired) electrons. The molecule has 0 aromatic rings. The second kappa shape index (κ2) is 17.4. The van der Waals surface area contributed by atoms with Crippen LogP contribution in [0.3, 0.4) is 0 Å². The molecule has 0 saturated heterocycles. The molecular weight excluding hydrogens is 316 g/mol. The minimum absolute atomic E-state index is 0. The molecule has 0 amide bonds. The summed E-state index contributed by atoms with van der Waals surface area (Å²) in [5.41, 5.74) is 0. The Balaban J connectivity index is -0.0000000343. The Morgan fingerprint density at radius 2 is 0.650 bits per heavy atom. The summed E-state index contributed by atoms with van der Waals surface area (Å²) in [5, 5.41) is 29.6. The van der Waals surface area contributed by atoms with Crippen LogP contribution < -0.4 is 0 Å². The average molecular weight is 326 g/mol. The number of carboxylic acid groups (broad SMARTS) is 4. The van der Waals surface area contributed by atoms with Crippen molar-refractivity contribution in [2.75, 3.05) is 0 Å². The molecule has 0 fully saturated rings. The van der Waals surface area contributed by atoms with E-state index in [0.717, 1.165) is 0 Å². The van der Waals surface area contributed by atoms with Crippen molar-refractivity contribution in [3.05, 3.63) is 0 Å². The van der Waals surface area contributed by atoms with Gasteiger partial charge in [0.1, 0.15) is 0 Å². The third kappa shape index (κ3) is 94.4. The Bertz CT molecular complexity index is 295. The van der Waals surface area contributed by atoms with Crippen LogP contribution in [0.2, 0.25) is 0 Å². The standard InChI is InChI=1S/2C2H2O4.2FH.Li.H3O4P.H/c2*3-1(4)2(5)6;;;;1-5(2,3)4;/h2*(H,3,4)(H,5,6);2*1H;;(H3,1,2,3,4);. The van der Waals surface area contributed by atoms with E-state index in [1.807, 2.05) is 0 Å². The molecule has 0 unspecified atom stereocenters. The summed E-state index contributed by atoms with van der Waals surface area (Å²) >= 11 is 0. The number of hydrogen-bond donors (Lipinski definition) is 7. The van der Waals surface area contributed by atoms with Crippen molar-refractivity contribution < 1.29 is 68.3 Å². The van der Waals surface area contributed by atoms with Crippen molar-refractivity contribution in [3.63, 3.8) is 0 Å². The first-order valence-electron chi connectivity index (χ1n) is 2.99. The van der Waals surface area contributed by atoms with E-state index in [1.165, 1.54) is 0 Å². The Hall–Kier alpha value is -1.55. The second-order valence-electron chi connectivity index (χ2n) is 1.73. The van der Waals surface area contributed by atoms with Gasteiger partial charge in [-0.2, -0.15) is 0 Å². The van der Waals surface area contributed by atoms with Crippen LogP contribution in [-0.2, 0) is 23.7 Å². The van der Waals surface area contributed by atoms with Crippen LogP contribution in [0.25, 0.3) is 0 Å². The molecule has 118 valence electrons. The molecule has 20 heavy (non-hydrogen) atoms. The quantitative estimate of drug-likeness (QED) is 0.134. The summed E-state index contributed by atoms with van der Waals surface area (Å²) < 4.78 is 8.88. The Kier molecular flexibility index (Phi) is 31.6. The first-order chi connectivity index (χ1) is 7.29. The fraction of sp³-hybridized carbons (Fsp3) is 0. The van der Waals surface area contributed by atoms with Gasteiger partial charge < -0.3 is 35.1 Å². The van der Waals surface area contributed by atoms with Crippen molar-refractivity contribution in [3.8, 4) is 0 Å². The van der Waals surface area contributed by atoms with Gasteiger partial charge in [0.05, 0.1) is 0 Å². The van der Waals surface area contributed by atoms with E-state index in [4.69, 9.17) is 58.8 Å². The molecule has 0 saturated carbocycles. The number of carbonyl (C=O) groups is 4. The number of carboxylic acids is 4. The maximum atomic E-state index is 9.10. The van der Waals surface area contributed by atoms with E-state index in [2.05, 4.69) is 0 Å². The third-order valence-electron chi connectivity index (χ3n) is 0.366. The monoisotopic (exact) mass is 326 g/mol. The van der Waals surface area contributed by atoms with Gasteiger partial charge in [-0.15, -0.1) is 0 Å². The summed E-state index contributed by atoms with van der Waals surface area (Å²) in [4.78, 5) is 58.0. The number of hydrogen-bond acceptors (Lipinski definition) is 5. The first kappa shape index (κ1) is 36.2. The van der Waals surface area contributed by atoms with Gasteiger partial charge in [-0.1, -0.05) is 0 Å². The van der Waals surface area contributed by atoms with Crippen LogP contribution in [-0.4, -0.2) is 77.8 Å². The zero-order valence-electron chi connectivity index (χ0n) is 8.44. The van der Waals surface area contributed by atoms with Crippen molar-refractivity contribution in [1.29, 1.82) is 0 Å². The zero-order valence-corrected chi connectivity index (χ0v) is 9.33. The van der Waals surface area contributed by atoms with E-state index in [-0.39, 0.29) is 28.3 Å². The molecule has 0 atom stereocenters. The van der Waals surface area contributed by atoms with E-state index >= 15 is 0 Å². The number of rotatable bonds is 0. The van der Waals surface area contributed by atoms with Gasteiger partial charge in [0.25, 0.3) is 0 Å². The molecule has 12 nitrogen and oxygen atoms in total. The van der Waals surface area contributed by atoms with Crippen LogP contribution in [0.4, 0.5) is 9.41 Å². The van der Waals surface area contributed by atoms with Gasteiger partial charge in [0.2, 0.25) is 0 Å². The number of halogens is 2. The van der Waals surface area contributed by atoms with E-state index in [0.29, 0.717) is 0 Å². The number of aliphatic carboxylic acids is 4. The topological polar surface area (TPSA) is 227 Å². The summed E-state index contributed by atoms with van der Waals surface area (Å²) in [7, 11) is -4.64. The molecular formula is C4H10F2LiO12P. The van der Waals surface area contributed by atoms with Crippen molar-refractivity contribution >= 4 is 50.6 Å². The predicted molar refractivity (Wildman–Crippen MR) is 57.0 cm³/mol. The van der Waals surface area contributed by atoms with Gasteiger partial charge in [-0.05, 0) is 0 Å². The van der Waals surface area contributed by atoms with Crippen molar-refractivity contribution in [1.82, 2.24) is 0 Å². The SMILES string of the molecule is F.F.O=C(O)C(=O)O.O=C(O)C(=O)O.O=P(O)(O)O.[LiH]. The predicted octanol–water partition coefficient (Wildman–Crippen LogP) is -2.96. The Morgan fingerprint density at radius 1 is 0.600 bits per heavy atom.